The van der Waals surface area contributed by atoms with Crippen LogP contribution in [0.1, 0.15) is 43.2 Å². The molecule has 0 spiro atoms. The zero-order chi connectivity index (χ0) is 14.4. The highest BCUT2D eigenvalue weighted by atomic mass is 79.9. The number of ether oxygens (including phenoxy) is 1. The number of rotatable bonds is 4. The number of hydrogen-bond donors (Lipinski definition) is 1. The van der Waals surface area contributed by atoms with Crippen molar-refractivity contribution in [3.05, 3.63) is 27.7 Å². The Labute approximate surface area is 135 Å². The van der Waals surface area contributed by atoms with Crippen molar-refractivity contribution in [3.8, 4) is 5.75 Å². The third-order valence-corrected chi connectivity index (χ3v) is 6.26. The lowest BCUT2D eigenvalue weighted by Gasteiger charge is -2.25. The average Bonchev–Trinajstić information content (AvgIpc) is 3.12. The fourth-order valence-corrected chi connectivity index (χ4v) is 5.47. The van der Waals surface area contributed by atoms with Crippen LogP contribution in [0.2, 0.25) is 0 Å². The van der Waals surface area contributed by atoms with Gasteiger partial charge in [-0.2, -0.15) is 0 Å². The Morgan fingerprint density at radius 2 is 2.19 bits per heavy atom. The maximum absolute atomic E-state index is 6.49. The monoisotopic (exact) mass is 349 g/mol. The van der Waals surface area contributed by atoms with E-state index in [2.05, 4.69) is 28.1 Å². The van der Waals surface area contributed by atoms with Gasteiger partial charge in [-0.1, -0.05) is 22.4 Å². The summed E-state index contributed by atoms with van der Waals surface area (Å²) >= 11 is 3.62. The van der Waals surface area contributed by atoms with Crippen molar-refractivity contribution in [2.45, 2.75) is 51.0 Å². The smallest absolute Gasteiger partial charge is 0.125 e. The molecule has 3 heteroatoms. The van der Waals surface area contributed by atoms with Gasteiger partial charge < -0.3 is 10.5 Å². The highest BCUT2D eigenvalue weighted by molar-refractivity contribution is 9.10. The van der Waals surface area contributed by atoms with E-state index in [1.807, 2.05) is 0 Å². The highest BCUT2D eigenvalue weighted by Crippen LogP contribution is 2.50. The molecular weight excluding hydrogens is 326 g/mol. The van der Waals surface area contributed by atoms with E-state index in [9.17, 15) is 0 Å². The van der Waals surface area contributed by atoms with E-state index in [0.717, 1.165) is 47.4 Å². The first-order valence-corrected chi connectivity index (χ1v) is 9.18. The van der Waals surface area contributed by atoms with E-state index >= 15 is 0 Å². The molecule has 2 aliphatic carbocycles. The molecule has 0 radical (unpaired) electrons. The minimum atomic E-state index is 0.275. The predicted octanol–water partition coefficient (Wildman–Crippen LogP) is 4.08. The first-order chi connectivity index (χ1) is 10.2. The van der Waals surface area contributed by atoms with Gasteiger partial charge in [-0.15, -0.1) is 0 Å². The highest BCUT2D eigenvalue weighted by Gasteiger charge is 2.39. The lowest BCUT2D eigenvalue weighted by Crippen LogP contribution is -2.28. The predicted molar refractivity (Wildman–Crippen MR) is 88.6 cm³/mol. The summed E-state index contributed by atoms with van der Waals surface area (Å²) in [6.07, 6.45) is 9.03. The molecule has 4 atom stereocenters. The van der Waals surface area contributed by atoms with Gasteiger partial charge in [0.05, 0.1) is 6.61 Å². The molecule has 0 amide bonds. The minimum Gasteiger partial charge on any atom is -0.493 e. The van der Waals surface area contributed by atoms with Crippen LogP contribution in [0.4, 0.5) is 0 Å². The van der Waals surface area contributed by atoms with Crippen LogP contribution in [0.5, 0.6) is 5.75 Å². The van der Waals surface area contributed by atoms with Gasteiger partial charge in [0.2, 0.25) is 0 Å². The van der Waals surface area contributed by atoms with Crippen molar-refractivity contribution >= 4 is 15.9 Å². The number of benzene rings is 1. The lowest BCUT2D eigenvalue weighted by atomic mass is 9.83. The van der Waals surface area contributed by atoms with Gasteiger partial charge in [-0.3, -0.25) is 0 Å². The molecule has 3 aliphatic rings. The zero-order valence-corrected chi connectivity index (χ0v) is 14.1. The minimum absolute atomic E-state index is 0.275. The molecule has 1 aliphatic heterocycles. The van der Waals surface area contributed by atoms with E-state index in [1.165, 1.54) is 43.2 Å². The van der Waals surface area contributed by atoms with Crippen molar-refractivity contribution in [1.82, 2.24) is 0 Å². The molecular formula is C18H24BrNO. The normalized spacial score (nSPS) is 31.2. The van der Waals surface area contributed by atoms with Crippen molar-refractivity contribution in [1.29, 1.82) is 0 Å². The molecule has 1 heterocycles. The third kappa shape index (κ3) is 2.75. The summed E-state index contributed by atoms with van der Waals surface area (Å²) in [6, 6.07) is 4.66. The SMILES string of the molecule is NC(Cc1cc(Br)cc2c1OCC2)CC1CC2CCC1C2. The Kier molecular flexibility index (Phi) is 3.74. The standard InChI is InChI=1S/C18H24BrNO/c19-16-7-13-3-4-21-18(13)15(8-16)10-17(20)9-14-6-11-1-2-12(14)5-11/h7-8,11-12,14,17H,1-6,9-10,20H2. The molecule has 4 unspecified atom stereocenters. The molecule has 2 N–H and O–H groups in total. The van der Waals surface area contributed by atoms with Gasteiger partial charge in [0.15, 0.2) is 0 Å². The summed E-state index contributed by atoms with van der Waals surface area (Å²) in [5.41, 5.74) is 9.13. The molecule has 1 aromatic rings. The van der Waals surface area contributed by atoms with Gasteiger partial charge >= 0.3 is 0 Å². The average molecular weight is 350 g/mol. The van der Waals surface area contributed by atoms with Crippen molar-refractivity contribution in [2.24, 2.45) is 23.5 Å². The summed E-state index contributed by atoms with van der Waals surface area (Å²) in [5, 5.41) is 0. The molecule has 0 saturated heterocycles. The second-order valence-electron chi connectivity index (χ2n) is 7.29. The van der Waals surface area contributed by atoms with Gasteiger partial charge in [-0.05, 0) is 73.1 Å². The number of fused-ring (bicyclic) bond motifs is 3. The number of halogens is 1. The molecule has 2 bridgehead atoms. The van der Waals surface area contributed by atoms with Gasteiger partial charge in [0.25, 0.3) is 0 Å². The molecule has 1 aromatic carbocycles. The molecule has 114 valence electrons. The van der Waals surface area contributed by atoms with Crippen LogP contribution in [0.25, 0.3) is 0 Å². The van der Waals surface area contributed by atoms with Crippen LogP contribution >= 0.6 is 15.9 Å². The number of nitrogens with two attached hydrogens (primary N) is 1. The van der Waals surface area contributed by atoms with E-state index in [4.69, 9.17) is 10.5 Å². The fourth-order valence-electron chi connectivity index (χ4n) is 4.92. The van der Waals surface area contributed by atoms with Crippen LogP contribution in [0, 0.1) is 17.8 Å². The van der Waals surface area contributed by atoms with Crippen LogP contribution < -0.4 is 10.5 Å². The third-order valence-electron chi connectivity index (χ3n) is 5.80. The van der Waals surface area contributed by atoms with Crippen LogP contribution in [0.3, 0.4) is 0 Å². The Morgan fingerprint density at radius 3 is 2.95 bits per heavy atom. The molecule has 4 rings (SSSR count). The summed E-state index contributed by atoms with van der Waals surface area (Å²) in [7, 11) is 0. The Hall–Kier alpha value is -0.540. The maximum Gasteiger partial charge on any atom is 0.125 e. The maximum atomic E-state index is 6.49. The quantitative estimate of drug-likeness (QED) is 0.888. The molecule has 2 fully saturated rings. The second-order valence-corrected chi connectivity index (χ2v) is 8.20. The first-order valence-electron chi connectivity index (χ1n) is 8.38. The van der Waals surface area contributed by atoms with Crippen molar-refractivity contribution in [3.63, 3.8) is 0 Å². The summed E-state index contributed by atoms with van der Waals surface area (Å²) in [6.45, 7) is 0.820. The Morgan fingerprint density at radius 1 is 1.29 bits per heavy atom. The molecule has 2 saturated carbocycles. The van der Waals surface area contributed by atoms with Crippen LogP contribution in [0.15, 0.2) is 16.6 Å². The van der Waals surface area contributed by atoms with Crippen molar-refractivity contribution in [2.75, 3.05) is 6.61 Å². The first kappa shape index (κ1) is 14.1. The largest absolute Gasteiger partial charge is 0.493 e. The summed E-state index contributed by atoms with van der Waals surface area (Å²) in [5.74, 6) is 4.00. The molecule has 2 nitrogen and oxygen atoms in total. The molecule has 0 aromatic heterocycles. The lowest BCUT2D eigenvalue weighted by molar-refractivity contribution is 0.292. The Balaban J connectivity index is 1.44. The van der Waals surface area contributed by atoms with Gasteiger partial charge in [0, 0.05) is 16.9 Å². The van der Waals surface area contributed by atoms with E-state index in [0.29, 0.717) is 0 Å². The van der Waals surface area contributed by atoms with E-state index < -0.39 is 0 Å². The number of hydrogen-bond acceptors (Lipinski definition) is 2. The van der Waals surface area contributed by atoms with Gasteiger partial charge in [-0.25, -0.2) is 0 Å². The topological polar surface area (TPSA) is 35.2 Å². The van der Waals surface area contributed by atoms with Crippen LogP contribution in [-0.2, 0) is 12.8 Å². The van der Waals surface area contributed by atoms with E-state index in [1.54, 1.807) is 0 Å². The fraction of sp³-hybridized carbons (Fsp3) is 0.667. The van der Waals surface area contributed by atoms with Crippen molar-refractivity contribution < 1.29 is 4.74 Å². The second kappa shape index (κ2) is 5.58. The van der Waals surface area contributed by atoms with Crippen LogP contribution in [-0.4, -0.2) is 12.6 Å². The Bertz CT molecular complexity index is 544. The summed E-state index contributed by atoms with van der Waals surface area (Å²) < 4.78 is 6.99. The zero-order valence-electron chi connectivity index (χ0n) is 12.5. The van der Waals surface area contributed by atoms with Gasteiger partial charge in [0.1, 0.15) is 5.75 Å². The van der Waals surface area contributed by atoms with E-state index in [-0.39, 0.29) is 6.04 Å². The summed E-state index contributed by atoms with van der Waals surface area (Å²) in [4.78, 5) is 0. The molecule has 21 heavy (non-hydrogen) atoms.